The Morgan fingerprint density at radius 3 is 2.90 bits per heavy atom. The first-order chi connectivity index (χ1) is 14.1. The van der Waals surface area contributed by atoms with Crippen LogP contribution >= 0.6 is 0 Å². The molecule has 1 atom stereocenters. The molecular weight excluding hydrogens is 366 g/mol. The number of carbonyl (C=O) groups excluding carboxylic acids is 1. The van der Waals surface area contributed by atoms with E-state index in [0.29, 0.717) is 25.3 Å². The first-order valence-corrected chi connectivity index (χ1v) is 10.1. The number of nitrogens with zero attached hydrogens (tertiary/aromatic N) is 3. The van der Waals surface area contributed by atoms with Crippen LogP contribution in [0.4, 0.5) is 5.69 Å². The van der Waals surface area contributed by atoms with E-state index in [1.54, 1.807) is 24.7 Å². The van der Waals surface area contributed by atoms with Crippen LogP contribution in [-0.2, 0) is 4.79 Å². The van der Waals surface area contributed by atoms with Crippen molar-refractivity contribution < 1.29 is 4.79 Å². The summed E-state index contributed by atoms with van der Waals surface area (Å²) < 4.78 is 0. The van der Waals surface area contributed by atoms with E-state index in [1.807, 2.05) is 43.1 Å². The predicted octanol–water partition coefficient (Wildman–Crippen LogP) is 2.03. The van der Waals surface area contributed by atoms with Gasteiger partial charge in [-0.25, -0.2) is 0 Å². The Balaban J connectivity index is 1.82. The van der Waals surface area contributed by atoms with Crippen LogP contribution in [0.5, 0.6) is 0 Å². The Morgan fingerprint density at radius 1 is 1.38 bits per heavy atom. The van der Waals surface area contributed by atoms with E-state index in [4.69, 9.17) is 0 Å². The predicted molar refractivity (Wildman–Crippen MR) is 116 cm³/mol. The van der Waals surface area contributed by atoms with Crippen LogP contribution in [-0.4, -0.2) is 60.0 Å². The smallest absolute Gasteiger partial charge is 0.271 e. The molecule has 0 spiro atoms. The minimum absolute atomic E-state index is 0.0282. The molecule has 7 nitrogen and oxygen atoms in total. The number of nitrogens with one attached hydrogen (secondary N) is 2. The van der Waals surface area contributed by atoms with E-state index in [9.17, 15) is 9.59 Å². The minimum Gasteiger partial charge on any atom is -0.363 e. The van der Waals surface area contributed by atoms with Crippen LogP contribution in [0.15, 0.2) is 53.7 Å². The highest BCUT2D eigenvalue weighted by molar-refractivity contribution is 5.87. The molecule has 2 aromatic rings. The van der Waals surface area contributed by atoms with E-state index in [2.05, 4.69) is 20.2 Å². The minimum atomic E-state index is -0.109. The molecule has 154 valence electrons. The second-order valence-corrected chi connectivity index (χ2v) is 7.16. The number of hydrogen-bond donors (Lipinski definition) is 2. The van der Waals surface area contributed by atoms with E-state index < -0.39 is 0 Å². The zero-order valence-corrected chi connectivity index (χ0v) is 17.1. The maximum Gasteiger partial charge on any atom is 0.271 e. The van der Waals surface area contributed by atoms with Gasteiger partial charge in [0.2, 0.25) is 5.91 Å². The van der Waals surface area contributed by atoms with Crippen LogP contribution in [0.25, 0.3) is 11.1 Å². The van der Waals surface area contributed by atoms with Gasteiger partial charge >= 0.3 is 0 Å². The molecule has 0 unspecified atom stereocenters. The van der Waals surface area contributed by atoms with Crippen molar-refractivity contribution in [3.63, 3.8) is 0 Å². The molecule has 2 aromatic heterocycles. The highest BCUT2D eigenvalue weighted by Gasteiger charge is 2.28. The summed E-state index contributed by atoms with van der Waals surface area (Å²) in [6, 6.07) is 5.90. The lowest BCUT2D eigenvalue weighted by Gasteiger charge is -2.39. The molecule has 3 rings (SSSR count). The van der Waals surface area contributed by atoms with Gasteiger partial charge in [-0.05, 0) is 50.6 Å². The quantitative estimate of drug-likeness (QED) is 0.701. The number of hydrogen-bond acceptors (Lipinski definition) is 5. The first kappa shape index (κ1) is 20.8. The van der Waals surface area contributed by atoms with Crippen LogP contribution < -0.4 is 15.8 Å². The maximum atomic E-state index is 12.6. The Labute approximate surface area is 171 Å². The number of likely N-dealkylation sites (tertiary alicyclic amines) is 1. The lowest BCUT2D eigenvalue weighted by molar-refractivity contribution is -0.127. The molecule has 1 aliphatic heterocycles. The van der Waals surface area contributed by atoms with Gasteiger partial charge in [0.05, 0.1) is 0 Å². The molecule has 7 heteroatoms. The van der Waals surface area contributed by atoms with E-state index in [-0.39, 0.29) is 17.5 Å². The van der Waals surface area contributed by atoms with Crippen molar-refractivity contribution in [1.29, 1.82) is 0 Å². The Hall–Kier alpha value is -2.93. The molecule has 2 N–H and O–H groups in total. The number of amides is 1. The lowest BCUT2D eigenvalue weighted by Crippen LogP contribution is -2.50. The van der Waals surface area contributed by atoms with E-state index >= 15 is 0 Å². The van der Waals surface area contributed by atoms with Crippen molar-refractivity contribution in [1.82, 2.24) is 20.2 Å². The third-order valence-corrected chi connectivity index (χ3v) is 5.28. The molecular formula is C22H29N5O2. The topological polar surface area (TPSA) is 81.3 Å². The van der Waals surface area contributed by atoms with Crippen molar-refractivity contribution in [3.8, 4) is 11.1 Å². The van der Waals surface area contributed by atoms with Crippen LogP contribution in [0.1, 0.15) is 19.8 Å². The Morgan fingerprint density at radius 2 is 2.17 bits per heavy atom. The van der Waals surface area contributed by atoms with Gasteiger partial charge in [0, 0.05) is 62.5 Å². The van der Waals surface area contributed by atoms with Crippen molar-refractivity contribution in [2.24, 2.45) is 0 Å². The van der Waals surface area contributed by atoms with Crippen LogP contribution in [0, 0.1) is 0 Å². The Kier molecular flexibility index (Phi) is 7.19. The second kappa shape index (κ2) is 10.0. The fourth-order valence-electron chi connectivity index (χ4n) is 3.81. The second-order valence-electron chi connectivity index (χ2n) is 7.16. The summed E-state index contributed by atoms with van der Waals surface area (Å²) in [6.07, 6.45) is 10.6. The molecule has 0 saturated carbocycles. The summed E-state index contributed by atoms with van der Waals surface area (Å²) >= 11 is 0. The average molecular weight is 396 g/mol. The third kappa shape index (κ3) is 5.12. The summed E-state index contributed by atoms with van der Waals surface area (Å²) in [5.41, 5.74) is 2.48. The van der Waals surface area contributed by atoms with E-state index in [1.165, 1.54) is 0 Å². The van der Waals surface area contributed by atoms with Crippen LogP contribution in [0.3, 0.4) is 0 Å². The zero-order valence-electron chi connectivity index (χ0n) is 17.1. The highest BCUT2D eigenvalue weighted by atomic mass is 16.2. The summed E-state index contributed by atoms with van der Waals surface area (Å²) in [4.78, 5) is 36.1. The van der Waals surface area contributed by atoms with Crippen molar-refractivity contribution in [2.75, 3.05) is 38.1 Å². The Bertz CT molecular complexity index is 894. The van der Waals surface area contributed by atoms with E-state index in [0.717, 1.165) is 30.5 Å². The molecule has 1 saturated heterocycles. The normalized spacial score (nSPS) is 16.9. The first-order valence-electron chi connectivity index (χ1n) is 10.1. The molecule has 1 fully saturated rings. The lowest BCUT2D eigenvalue weighted by atomic mass is 10.0. The van der Waals surface area contributed by atoms with Crippen LogP contribution in [0.2, 0.25) is 0 Å². The number of aromatic amines is 1. The zero-order chi connectivity index (χ0) is 20.6. The average Bonchev–Trinajstić information content (AvgIpc) is 2.76. The number of carbonyl (C=O) groups is 1. The molecule has 1 aliphatic rings. The fourth-order valence-corrected chi connectivity index (χ4v) is 3.81. The van der Waals surface area contributed by atoms with Gasteiger partial charge in [0.15, 0.2) is 0 Å². The maximum absolute atomic E-state index is 12.6. The summed E-state index contributed by atoms with van der Waals surface area (Å²) in [6.45, 7) is 4.79. The van der Waals surface area contributed by atoms with Gasteiger partial charge in [0.1, 0.15) is 5.69 Å². The van der Waals surface area contributed by atoms with Gasteiger partial charge < -0.3 is 20.1 Å². The number of likely N-dealkylation sites (N-methyl/N-ethyl adjacent to an activating group) is 2. The number of anilines is 1. The molecule has 3 heterocycles. The molecule has 0 bridgehead atoms. The van der Waals surface area contributed by atoms with Gasteiger partial charge in [0.25, 0.3) is 5.56 Å². The molecule has 1 amide bonds. The van der Waals surface area contributed by atoms with Gasteiger partial charge in [-0.15, -0.1) is 0 Å². The summed E-state index contributed by atoms with van der Waals surface area (Å²) in [5.74, 6) is 0.0282. The number of pyridine rings is 2. The largest absolute Gasteiger partial charge is 0.363 e. The SMILES string of the molecule is CCN(c1cc(-c2ccncc2)c[nH]c1=O)[C@H]1CCCN(C(=O)/C=C/CNC)C1. The number of rotatable bonds is 7. The number of H-pyrrole nitrogens is 1. The molecule has 0 radical (unpaired) electrons. The number of piperidine rings is 1. The van der Waals surface area contributed by atoms with Gasteiger partial charge in [-0.1, -0.05) is 6.08 Å². The molecule has 29 heavy (non-hydrogen) atoms. The third-order valence-electron chi connectivity index (χ3n) is 5.28. The fraction of sp³-hybridized carbons (Fsp3) is 0.409. The summed E-state index contributed by atoms with van der Waals surface area (Å²) in [5, 5.41) is 3.00. The van der Waals surface area contributed by atoms with Crippen molar-refractivity contribution >= 4 is 11.6 Å². The van der Waals surface area contributed by atoms with Crippen molar-refractivity contribution in [2.45, 2.75) is 25.8 Å². The number of aromatic nitrogens is 2. The molecule has 0 aromatic carbocycles. The molecule has 0 aliphatic carbocycles. The van der Waals surface area contributed by atoms with Crippen molar-refractivity contribution in [3.05, 3.63) is 59.3 Å². The van der Waals surface area contributed by atoms with Gasteiger partial charge in [-0.2, -0.15) is 0 Å². The summed E-state index contributed by atoms with van der Waals surface area (Å²) in [7, 11) is 1.85. The monoisotopic (exact) mass is 395 g/mol. The van der Waals surface area contributed by atoms with Gasteiger partial charge in [-0.3, -0.25) is 14.6 Å². The highest BCUT2D eigenvalue weighted by Crippen LogP contribution is 2.25. The standard InChI is InChI=1S/C22H29N5O2/c1-3-27(19-6-5-13-26(16-19)21(28)7-4-10-23-2)20-14-18(15-25-22(20)29)17-8-11-24-12-9-17/h4,7-9,11-12,14-15,19,23H,3,5-6,10,13,16H2,1-2H3,(H,25,29)/b7-4+/t19-/m0/s1.